The molecule has 4 nitrogen and oxygen atoms in total. The van der Waals surface area contributed by atoms with Crippen LogP contribution in [-0.4, -0.2) is 21.9 Å². The van der Waals surface area contributed by atoms with Crippen molar-refractivity contribution in [2.45, 2.75) is 19.0 Å². The normalized spacial score (nSPS) is 15.2. The molecule has 1 aliphatic heterocycles. The Labute approximate surface area is 120 Å². The molecular weight excluding hydrogens is 274 g/mol. The maximum absolute atomic E-state index is 12.5. The lowest BCUT2D eigenvalue weighted by atomic mass is 10.1. The van der Waals surface area contributed by atoms with Gasteiger partial charge in [0.1, 0.15) is 0 Å². The Hall–Kier alpha value is -2.14. The van der Waals surface area contributed by atoms with E-state index in [1.54, 1.807) is 11.0 Å². The molecule has 1 aromatic heterocycles. The van der Waals surface area contributed by atoms with E-state index < -0.39 is 12.0 Å². The number of carbonyl (C=O) groups excluding carboxylic acids is 1. The van der Waals surface area contributed by atoms with E-state index in [2.05, 4.69) is 0 Å². The Kier molecular flexibility index (Phi) is 3.28. The van der Waals surface area contributed by atoms with Crippen molar-refractivity contribution in [1.82, 2.24) is 4.90 Å². The molecule has 1 aromatic carbocycles. The van der Waals surface area contributed by atoms with Gasteiger partial charge in [0.25, 0.3) is 5.91 Å². The Morgan fingerprint density at radius 3 is 2.75 bits per heavy atom. The minimum Gasteiger partial charge on any atom is -0.481 e. The summed E-state index contributed by atoms with van der Waals surface area (Å²) in [5.74, 6) is -0.979. The molecule has 3 rings (SSSR count). The van der Waals surface area contributed by atoms with Crippen molar-refractivity contribution < 1.29 is 14.7 Å². The Morgan fingerprint density at radius 2 is 2.10 bits per heavy atom. The number of thiophene rings is 1. The number of aliphatic carboxylic acids is 1. The summed E-state index contributed by atoms with van der Waals surface area (Å²) in [7, 11) is 0. The quantitative estimate of drug-likeness (QED) is 0.940. The third kappa shape index (κ3) is 2.20. The Morgan fingerprint density at radius 1 is 1.30 bits per heavy atom. The van der Waals surface area contributed by atoms with Gasteiger partial charge in [-0.05, 0) is 23.1 Å². The predicted molar refractivity (Wildman–Crippen MR) is 75.6 cm³/mol. The molecule has 102 valence electrons. The highest BCUT2D eigenvalue weighted by Crippen LogP contribution is 2.35. The third-order valence-electron chi connectivity index (χ3n) is 3.47. The molecule has 0 unspecified atom stereocenters. The minimum absolute atomic E-state index is 0.0692. The van der Waals surface area contributed by atoms with Crippen LogP contribution in [0.4, 0.5) is 0 Å². The molecule has 20 heavy (non-hydrogen) atoms. The summed E-state index contributed by atoms with van der Waals surface area (Å²) in [6, 6.07) is 10.8. The summed E-state index contributed by atoms with van der Waals surface area (Å²) in [4.78, 5) is 26.1. The van der Waals surface area contributed by atoms with Crippen LogP contribution in [0.25, 0.3) is 0 Å². The number of carboxylic acids is 1. The van der Waals surface area contributed by atoms with E-state index in [0.717, 1.165) is 10.4 Å². The van der Waals surface area contributed by atoms with Crippen molar-refractivity contribution >= 4 is 23.2 Å². The van der Waals surface area contributed by atoms with Gasteiger partial charge in [-0.15, -0.1) is 11.3 Å². The van der Waals surface area contributed by atoms with E-state index in [4.69, 9.17) is 5.11 Å². The molecule has 1 amide bonds. The van der Waals surface area contributed by atoms with Gasteiger partial charge in [-0.3, -0.25) is 9.59 Å². The molecule has 0 fully saturated rings. The van der Waals surface area contributed by atoms with Gasteiger partial charge in [0, 0.05) is 17.0 Å². The first-order valence-electron chi connectivity index (χ1n) is 6.31. The summed E-state index contributed by atoms with van der Waals surface area (Å²) >= 11 is 1.48. The van der Waals surface area contributed by atoms with E-state index in [1.165, 1.54) is 11.3 Å². The van der Waals surface area contributed by atoms with Crippen LogP contribution in [0.3, 0.4) is 0 Å². The van der Waals surface area contributed by atoms with Gasteiger partial charge in [0.2, 0.25) is 0 Å². The predicted octanol–water partition coefficient (Wildman–Crippen LogP) is 2.92. The smallest absolute Gasteiger partial charge is 0.305 e. The van der Waals surface area contributed by atoms with E-state index >= 15 is 0 Å². The van der Waals surface area contributed by atoms with Crippen LogP contribution in [0, 0.1) is 0 Å². The van der Waals surface area contributed by atoms with Gasteiger partial charge < -0.3 is 10.0 Å². The number of hydrogen-bond donors (Lipinski definition) is 1. The first-order valence-corrected chi connectivity index (χ1v) is 7.19. The van der Waals surface area contributed by atoms with Gasteiger partial charge in [-0.2, -0.15) is 0 Å². The third-order valence-corrected chi connectivity index (χ3v) is 4.44. The van der Waals surface area contributed by atoms with Crippen LogP contribution in [0.5, 0.6) is 0 Å². The molecule has 0 spiro atoms. The van der Waals surface area contributed by atoms with Crippen molar-refractivity contribution in [3.63, 3.8) is 0 Å². The zero-order chi connectivity index (χ0) is 14.1. The molecule has 0 saturated carbocycles. The van der Waals surface area contributed by atoms with Crippen LogP contribution < -0.4 is 0 Å². The van der Waals surface area contributed by atoms with E-state index in [-0.39, 0.29) is 12.3 Å². The first kappa shape index (κ1) is 12.9. The molecule has 5 heteroatoms. The van der Waals surface area contributed by atoms with Crippen LogP contribution >= 0.6 is 11.3 Å². The van der Waals surface area contributed by atoms with Gasteiger partial charge in [0.05, 0.1) is 12.5 Å². The number of rotatable bonds is 4. The van der Waals surface area contributed by atoms with Crippen molar-refractivity contribution in [1.29, 1.82) is 0 Å². The molecule has 1 N–H and O–H groups in total. The molecule has 2 aromatic rings. The van der Waals surface area contributed by atoms with E-state index in [1.807, 2.05) is 35.7 Å². The molecule has 0 aliphatic carbocycles. The van der Waals surface area contributed by atoms with Gasteiger partial charge in [0.15, 0.2) is 0 Å². The summed E-state index contributed by atoms with van der Waals surface area (Å²) in [5.41, 5.74) is 1.64. The lowest BCUT2D eigenvalue weighted by molar-refractivity contribution is -0.138. The SMILES string of the molecule is O=C(O)C[C@@H](c1cccs1)N1Cc2ccccc2C1=O. The number of hydrogen-bond acceptors (Lipinski definition) is 3. The Balaban J connectivity index is 1.94. The molecule has 2 heterocycles. The topological polar surface area (TPSA) is 57.6 Å². The zero-order valence-electron chi connectivity index (χ0n) is 10.7. The van der Waals surface area contributed by atoms with Crippen molar-refractivity contribution in [3.8, 4) is 0 Å². The van der Waals surface area contributed by atoms with Gasteiger partial charge in [-0.25, -0.2) is 0 Å². The molecule has 0 saturated heterocycles. The highest BCUT2D eigenvalue weighted by molar-refractivity contribution is 7.10. The summed E-state index contributed by atoms with van der Waals surface area (Å²) in [6.07, 6.45) is -0.0692. The maximum Gasteiger partial charge on any atom is 0.305 e. The first-order chi connectivity index (χ1) is 9.66. The standard InChI is InChI=1S/C15H13NO3S/c17-14(18)8-12(13-6-3-7-20-13)16-9-10-4-1-2-5-11(10)15(16)19/h1-7,12H,8-9H2,(H,17,18)/t12-/m0/s1. The summed E-state index contributed by atoms with van der Waals surface area (Å²) in [5, 5.41) is 11.0. The number of fused-ring (bicyclic) bond motifs is 1. The van der Waals surface area contributed by atoms with Crippen LogP contribution in [-0.2, 0) is 11.3 Å². The fourth-order valence-electron chi connectivity index (χ4n) is 2.54. The van der Waals surface area contributed by atoms with Crippen molar-refractivity contribution in [3.05, 3.63) is 57.8 Å². The fourth-order valence-corrected chi connectivity index (χ4v) is 3.38. The summed E-state index contributed by atoms with van der Waals surface area (Å²) < 4.78 is 0. The Bertz CT molecular complexity index is 651. The lowest BCUT2D eigenvalue weighted by Crippen LogP contribution is -2.30. The highest BCUT2D eigenvalue weighted by atomic mass is 32.1. The van der Waals surface area contributed by atoms with Gasteiger partial charge >= 0.3 is 5.97 Å². The largest absolute Gasteiger partial charge is 0.481 e. The number of amides is 1. The summed E-state index contributed by atoms with van der Waals surface area (Å²) in [6.45, 7) is 0.477. The monoisotopic (exact) mass is 287 g/mol. The number of benzene rings is 1. The molecule has 0 bridgehead atoms. The highest BCUT2D eigenvalue weighted by Gasteiger charge is 2.34. The second-order valence-corrected chi connectivity index (χ2v) is 5.70. The fraction of sp³-hybridized carbons (Fsp3) is 0.200. The average molecular weight is 287 g/mol. The maximum atomic E-state index is 12.5. The molecule has 1 atom stereocenters. The van der Waals surface area contributed by atoms with Gasteiger partial charge in [-0.1, -0.05) is 24.3 Å². The second-order valence-electron chi connectivity index (χ2n) is 4.72. The molecule has 0 radical (unpaired) electrons. The van der Waals surface area contributed by atoms with Crippen LogP contribution in [0.1, 0.15) is 33.3 Å². The number of nitrogens with zero attached hydrogens (tertiary/aromatic N) is 1. The number of carbonyl (C=O) groups is 2. The van der Waals surface area contributed by atoms with Crippen molar-refractivity contribution in [2.75, 3.05) is 0 Å². The van der Waals surface area contributed by atoms with Crippen LogP contribution in [0.2, 0.25) is 0 Å². The molecule has 1 aliphatic rings. The van der Waals surface area contributed by atoms with E-state index in [0.29, 0.717) is 12.1 Å². The molecular formula is C15H13NO3S. The zero-order valence-corrected chi connectivity index (χ0v) is 11.5. The average Bonchev–Trinajstić information content (AvgIpc) is 3.05. The van der Waals surface area contributed by atoms with Crippen molar-refractivity contribution in [2.24, 2.45) is 0 Å². The lowest BCUT2D eigenvalue weighted by Gasteiger charge is -2.25. The minimum atomic E-state index is -0.896. The van der Waals surface area contributed by atoms with E-state index in [9.17, 15) is 9.59 Å². The number of carboxylic acid groups (broad SMARTS) is 1. The van der Waals surface area contributed by atoms with Crippen LogP contribution in [0.15, 0.2) is 41.8 Å². The second kappa shape index (κ2) is 5.09.